The molecule has 3 N–H and O–H groups in total. The molecule has 1 amide bonds. The van der Waals surface area contributed by atoms with Crippen LogP contribution in [0.1, 0.15) is 5.69 Å². The number of aryl methyl sites for hydroxylation is 1. The highest BCUT2D eigenvalue weighted by atomic mass is 35.5. The maximum Gasteiger partial charge on any atom is 0.251 e. The van der Waals surface area contributed by atoms with Crippen molar-refractivity contribution in [2.75, 3.05) is 11.1 Å². The van der Waals surface area contributed by atoms with E-state index in [1.807, 2.05) is 0 Å². The van der Waals surface area contributed by atoms with Gasteiger partial charge >= 0.3 is 0 Å². The van der Waals surface area contributed by atoms with Crippen molar-refractivity contribution >= 4 is 40.5 Å². The van der Waals surface area contributed by atoms with Gasteiger partial charge in [0.15, 0.2) is 0 Å². The molecule has 1 aromatic heterocycles. The van der Waals surface area contributed by atoms with Gasteiger partial charge in [-0.05, 0) is 25.1 Å². The van der Waals surface area contributed by atoms with E-state index in [4.69, 9.17) is 28.9 Å². The van der Waals surface area contributed by atoms with Gasteiger partial charge in [0.05, 0.1) is 16.4 Å². The molecule has 5 nitrogen and oxygen atoms in total. The molecule has 2 aromatic rings. The van der Waals surface area contributed by atoms with E-state index in [0.29, 0.717) is 10.7 Å². The van der Waals surface area contributed by atoms with E-state index in [9.17, 15) is 9.59 Å². The second kappa shape index (κ2) is 6.20. The van der Waals surface area contributed by atoms with Gasteiger partial charge in [-0.1, -0.05) is 29.3 Å². The quantitative estimate of drug-likeness (QED) is 0.852. The fourth-order valence-electron chi connectivity index (χ4n) is 1.87. The predicted octanol–water partition coefficient (Wildman–Crippen LogP) is 2.68. The van der Waals surface area contributed by atoms with Crippen LogP contribution in [0.3, 0.4) is 0 Å². The molecule has 0 saturated heterocycles. The smallest absolute Gasteiger partial charge is 0.251 e. The Bertz CT molecular complexity index is 733. The third-order valence-electron chi connectivity index (χ3n) is 2.92. The largest absolute Gasteiger partial charge is 0.397 e. The first kappa shape index (κ1) is 15.4. The lowest BCUT2D eigenvalue weighted by Gasteiger charge is -2.13. The number of nitrogens with two attached hydrogens (primary N) is 1. The molecular weight excluding hydrogens is 313 g/mol. The van der Waals surface area contributed by atoms with Gasteiger partial charge in [-0.25, -0.2) is 0 Å². The average molecular weight is 326 g/mol. The minimum absolute atomic E-state index is 0.121. The number of carbonyl (C=O) groups excluding carboxylic acids is 1. The summed E-state index contributed by atoms with van der Waals surface area (Å²) < 4.78 is 1.36. The lowest BCUT2D eigenvalue weighted by Crippen LogP contribution is -2.28. The lowest BCUT2D eigenvalue weighted by molar-refractivity contribution is -0.116. The SMILES string of the molecule is Cc1cccc(=O)n1CC(=O)Nc1c(N)cc(Cl)cc1Cl. The minimum atomic E-state index is -0.401. The van der Waals surface area contributed by atoms with E-state index in [1.165, 1.54) is 22.8 Å². The molecular formula is C14H13Cl2N3O2. The first-order valence-corrected chi connectivity index (χ1v) is 6.85. The van der Waals surface area contributed by atoms with Crippen LogP contribution in [0.5, 0.6) is 0 Å². The van der Waals surface area contributed by atoms with Gasteiger partial charge in [-0.2, -0.15) is 0 Å². The number of carbonyl (C=O) groups is 1. The van der Waals surface area contributed by atoms with E-state index in [2.05, 4.69) is 5.32 Å². The summed E-state index contributed by atoms with van der Waals surface area (Å²) in [5, 5.41) is 3.22. The van der Waals surface area contributed by atoms with Crippen LogP contribution in [0.25, 0.3) is 0 Å². The van der Waals surface area contributed by atoms with Crippen molar-refractivity contribution in [1.82, 2.24) is 4.57 Å². The molecule has 2 rings (SSSR count). The summed E-state index contributed by atoms with van der Waals surface area (Å²) in [5.74, 6) is -0.401. The highest BCUT2D eigenvalue weighted by Crippen LogP contribution is 2.31. The van der Waals surface area contributed by atoms with Crippen LogP contribution in [0, 0.1) is 6.92 Å². The number of nitrogens with zero attached hydrogens (tertiary/aromatic N) is 1. The van der Waals surface area contributed by atoms with E-state index in [-0.39, 0.29) is 28.5 Å². The number of hydrogen-bond acceptors (Lipinski definition) is 3. The van der Waals surface area contributed by atoms with Gasteiger partial charge in [-0.15, -0.1) is 0 Å². The fourth-order valence-corrected chi connectivity index (χ4v) is 2.43. The number of nitrogens with one attached hydrogen (secondary N) is 1. The second-order valence-corrected chi connectivity index (χ2v) is 5.34. The predicted molar refractivity (Wildman–Crippen MR) is 84.9 cm³/mol. The van der Waals surface area contributed by atoms with E-state index in [1.54, 1.807) is 19.1 Å². The summed E-state index contributed by atoms with van der Waals surface area (Å²) in [4.78, 5) is 23.8. The van der Waals surface area contributed by atoms with Crippen molar-refractivity contribution in [3.8, 4) is 0 Å². The molecule has 0 bridgehead atoms. The molecule has 0 unspecified atom stereocenters. The number of rotatable bonds is 3. The number of amides is 1. The first-order valence-electron chi connectivity index (χ1n) is 6.09. The van der Waals surface area contributed by atoms with Gasteiger partial charge in [0, 0.05) is 16.8 Å². The molecule has 7 heteroatoms. The number of benzene rings is 1. The molecule has 0 radical (unpaired) electrons. The highest BCUT2D eigenvalue weighted by Gasteiger charge is 2.12. The molecule has 0 fully saturated rings. The minimum Gasteiger partial charge on any atom is -0.397 e. The van der Waals surface area contributed by atoms with Gasteiger partial charge in [0.2, 0.25) is 5.91 Å². The fraction of sp³-hybridized carbons (Fsp3) is 0.143. The summed E-state index contributed by atoms with van der Waals surface area (Å²) in [6.45, 7) is 1.63. The zero-order valence-corrected chi connectivity index (χ0v) is 12.7. The third-order valence-corrected chi connectivity index (χ3v) is 3.44. The van der Waals surface area contributed by atoms with Crippen molar-refractivity contribution in [3.05, 3.63) is 56.4 Å². The van der Waals surface area contributed by atoms with E-state index >= 15 is 0 Å². The average Bonchev–Trinajstić information content (AvgIpc) is 2.38. The number of halogens is 2. The van der Waals surface area contributed by atoms with Crippen molar-refractivity contribution < 1.29 is 4.79 Å². The summed E-state index contributed by atoms with van der Waals surface area (Å²) in [6.07, 6.45) is 0. The number of pyridine rings is 1. The first-order chi connectivity index (χ1) is 9.88. The second-order valence-electron chi connectivity index (χ2n) is 4.49. The molecule has 0 aliphatic rings. The van der Waals surface area contributed by atoms with Gasteiger partial charge in [0.25, 0.3) is 5.56 Å². The topological polar surface area (TPSA) is 77.1 Å². The Labute approximate surface area is 131 Å². The van der Waals surface area contributed by atoms with Crippen molar-refractivity contribution in [2.24, 2.45) is 0 Å². The van der Waals surface area contributed by atoms with Gasteiger partial charge in [0.1, 0.15) is 6.54 Å². The summed E-state index contributed by atoms with van der Waals surface area (Å²) >= 11 is 11.8. The van der Waals surface area contributed by atoms with Crippen LogP contribution < -0.4 is 16.6 Å². The molecule has 110 valence electrons. The molecule has 21 heavy (non-hydrogen) atoms. The van der Waals surface area contributed by atoms with Gasteiger partial charge < -0.3 is 15.6 Å². The Morgan fingerprint density at radius 1 is 1.33 bits per heavy atom. The van der Waals surface area contributed by atoms with Crippen molar-refractivity contribution in [2.45, 2.75) is 13.5 Å². The van der Waals surface area contributed by atoms with E-state index < -0.39 is 5.91 Å². The summed E-state index contributed by atoms with van der Waals surface area (Å²) in [5.41, 5.74) is 6.76. The van der Waals surface area contributed by atoms with Crippen LogP contribution in [0.2, 0.25) is 10.0 Å². The van der Waals surface area contributed by atoms with Crippen LogP contribution in [-0.4, -0.2) is 10.5 Å². The lowest BCUT2D eigenvalue weighted by atomic mass is 10.2. The Morgan fingerprint density at radius 3 is 2.67 bits per heavy atom. The van der Waals surface area contributed by atoms with Crippen molar-refractivity contribution in [1.29, 1.82) is 0 Å². The maximum absolute atomic E-state index is 12.1. The zero-order chi connectivity index (χ0) is 15.6. The zero-order valence-electron chi connectivity index (χ0n) is 11.2. The summed E-state index contributed by atoms with van der Waals surface area (Å²) in [7, 11) is 0. The van der Waals surface area contributed by atoms with E-state index in [0.717, 1.165) is 0 Å². The Morgan fingerprint density at radius 2 is 2.05 bits per heavy atom. The molecule has 0 aliphatic carbocycles. The molecule has 0 saturated carbocycles. The molecule has 0 atom stereocenters. The Hall–Kier alpha value is -1.98. The van der Waals surface area contributed by atoms with Crippen LogP contribution in [-0.2, 0) is 11.3 Å². The van der Waals surface area contributed by atoms with Crippen LogP contribution in [0.4, 0.5) is 11.4 Å². The number of aromatic nitrogens is 1. The maximum atomic E-state index is 12.1. The number of anilines is 2. The monoisotopic (exact) mass is 325 g/mol. The standard InChI is InChI=1S/C14H13Cl2N3O2/c1-8-3-2-4-13(21)19(8)7-12(20)18-14-10(16)5-9(15)6-11(14)17/h2-6H,7,17H2,1H3,(H,18,20). The van der Waals surface area contributed by atoms with Crippen molar-refractivity contribution in [3.63, 3.8) is 0 Å². The highest BCUT2D eigenvalue weighted by molar-refractivity contribution is 6.37. The number of nitrogen functional groups attached to an aromatic ring is 1. The molecule has 0 aliphatic heterocycles. The molecule has 1 aromatic carbocycles. The molecule has 0 spiro atoms. The van der Waals surface area contributed by atoms with Crippen LogP contribution >= 0.6 is 23.2 Å². The normalized spacial score (nSPS) is 10.4. The van der Waals surface area contributed by atoms with Gasteiger partial charge in [-0.3, -0.25) is 9.59 Å². The molecule has 1 heterocycles. The van der Waals surface area contributed by atoms with Crippen LogP contribution in [0.15, 0.2) is 35.1 Å². The Balaban J connectivity index is 2.22. The summed E-state index contributed by atoms with van der Waals surface area (Å²) in [6, 6.07) is 7.75. The number of hydrogen-bond donors (Lipinski definition) is 2. The Kier molecular flexibility index (Phi) is 4.55. The third kappa shape index (κ3) is 3.56.